The fraction of sp³-hybridized carbons (Fsp3) is 0.375. The van der Waals surface area contributed by atoms with Crippen molar-refractivity contribution >= 4 is 11.8 Å². The van der Waals surface area contributed by atoms with Crippen LogP contribution < -0.4 is 4.74 Å². The number of aliphatic hydroxyl groups is 1. The number of benzene rings is 1. The first-order chi connectivity index (χ1) is 10.2. The number of hydrogen-bond donors (Lipinski definition) is 1. The monoisotopic (exact) mass is 286 g/mol. The van der Waals surface area contributed by atoms with Gasteiger partial charge in [0.15, 0.2) is 0 Å². The molecule has 1 aliphatic carbocycles. The van der Waals surface area contributed by atoms with Gasteiger partial charge in [-0.2, -0.15) is 0 Å². The van der Waals surface area contributed by atoms with E-state index in [0.717, 1.165) is 24.1 Å². The van der Waals surface area contributed by atoms with Crippen LogP contribution >= 0.6 is 0 Å². The van der Waals surface area contributed by atoms with Crippen molar-refractivity contribution in [2.45, 2.75) is 19.8 Å². The second-order valence-electron chi connectivity index (χ2n) is 4.65. The number of ether oxygens (including phenoxy) is 1. The van der Waals surface area contributed by atoms with Crippen LogP contribution in [0.3, 0.4) is 0 Å². The Hall–Kier alpha value is -2.32. The maximum atomic E-state index is 11.8. The lowest BCUT2D eigenvalue weighted by atomic mass is 10.1. The van der Waals surface area contributed by atoms with Gasteiger partial charge >= 0.3 is 6.09 Å². The largest absolute Gasteiger partial charge is 0.417 e. The average molecular weight is 286 g/mol. The molecule has 0 spiro atoms. The van der Waals surface area contributed by atoms with E-state index in [1.165, 1.54) is 10.5 Å². The predicted molar refractivity (Wildman–Crippen MR) is 80.5 cm³/mol. The first-order valence-electron chi connectivity index (χ1n) is 6.87. The zero-order chi connectivity index (χ0) is 15.2. The Morgan fingerprint density at radius 1 is 1.52 bits per heavy atom. The minimum Gasteiger partial charge on any atom is -0.410 e. The molecule has 1 aromatic carbocycles. The van der Waals surface area contributed by atoms with E-state index in [0.29, 0.717) is 18.8 Å². The third-order valence-corrected chi connectivity index (χ3v) is 3.40. The van der Waals surface area contributed by atoms with Gasteiger partial charge in [0.05, 0.1) is 6.54 Å². The van der Waals surface area contributed by atoms with Gasteiger partial charge in [-0.1, -0.05) is 12.0 Å². The van der Waals surface area contributed by atoms with E-state index < -0.39 is 6.09 Å². The standard InChI is InChI=1S/C16H18N2O3/c1-3-9-17-15-8-6-12-5-7-13(10-14(12)15)21-16(20)18(4-2)11-19/h1,5,7,10,19H,4,6,8-9,11H2,2H3. The highest BCUT2D eigenvalue weighted by atomic mass is 16.6. The molecule has 21 heavy (non-hydrogen) atoms. The number of aliphatic hydroxyl groups excluding tert-OH is 1. The van der Waals surface area contributed by atoms with Crippen molar-refractivity contribution in [1.82, 2.24) is 4.90 Å². The maximum Gasteiger partial charge on any atom is 0.417 e. The van der Waals surface area contributed by atoms with Crippen molar-refractivity contribution in [3.8, 4) is 18.1 Å². The lowest BCUT2D eigenvalue weighted by Gasteiger charge is -2.17. The number of carbonyl (C=O) groups excluding carboxylic acids is 1. The Labute approximate surface area is 124 Å². The number of hydrogen-bond acceptors (Lipinski definition) is 4. The molecule has 2 rings (SSSR count). The summed E-state index contributed by atoms with van der Waals surface area (Å²) >= 11 is 0. The number of amides is 1. The lowest BCUT2D eigenvalue weighted by molar-refractivity contribution is 0.0973. The molecule has 0 atom stereocenters. The zero-order valence-corrected chi connectivity index (χ0v) is 12.0. The van der Waals surface area contributed by atoms with Crippen LogP contribution in [-0.2, 0) is 6.42 Å². The van der Waals surface area contributed by atoms with Crippen LogP contribution in [0.1, 0.15) is 24.5 Å². The van der Waals surface area contributed by atoms with E-state index in [1.54, 1.807) is 19.1 Å². The summed E-state index contributed by atoms with van der Waals surface area (Å²) in [6.45, 7) is 2.14. The van der Waals surface area contributed by atoms with Gasteiger partial charge in [0, 0.05) is 17.8 Å². The van der Waals surface area contributed by atoms with Gasteiger partial charge in [-0.15, -0.1) is 6.42 Å². The summed E-state index contributed by atoms with van der Waals surface area (Å²) in [5, 5.41) is 9.06. The second-order valence-corrected chi connectivity index (χ2v) is 4.65. The first-order valence-corrected chi connectivity index (χ1v) is 6.87. The number of aliphatic imine (C=N–C) groups is 1. The highest BCUT2D eigenvalue weighted by molar-refractivity contribution is 6.05. The molecule has 5 heteroatoms. The molecular formula is C16H18N2O3. The SMILES string of the molecule is C#CCN=C1CCc2ccc(OC(=O)N(CC)CO)cc21. The average Bonchev–Trinajstić information content (AvgIpc) is 2.89. The third-order valence-electron chi connectivity index (χ3n) is 3.40. The summed E-state index contributed by atoms with van der Waals surface area (Å²) in [5.41, 5.74) is 3.12. The molecular weight excluding hydrogens is 268 g/mol. The third kappa shape index (κ3) is 3.41. The fourth-order valence-electron chi connectivity index (χ4n) is 2.25. The van der Waals surface area contributed by atoms with Gasteiger partial charge < -0.3 is 9.84 Å². The molecule has 0 unspecified atom stereocenters. The minimum absolute atomic E-state index is 0.354. The summed E-state index contributed by atoms with van der Waals surface area (Å²) < 4.78 is 5.27. The molecule has 1 aromatic rings. The van der Waals surface area contributed by atoms with Crippen LogP contribution in [0.5, 0.6) is 5.75 Å². The highest BCUT2D eigenvalue weighted by Gasteiger charge is 2.19. The highest BCUT2D eigenvalue weighted by Crippen LogP contribution is 2.27. The van der Waals surface area contributed by atoms with Gasteiger partial charge in [0.1, 0.15) is 12.5 Å². The van der Waals surface area contributed by atoms with E-state index in [4.69, 9.17) is 16.3 Å². The van der Waals surface area contributed by atoms with Crippen LogP contribution in [0, 0.1) is 12.3 Å². The molecule has 0 bridgehead atoms. The quantitative estimate of drug-likeness (QED) is 0.678. The predicted octanol–water partition coefficient (Wildman–Crippen LogP) is 1.83. The molecule has 110 valence electrons. The van der Waals surface area contributed by atoms with Crippen molar-refractivity contribution < 1.29 is 14.6 Å². The topological polar surface area (TPSA) is 62.1 Å². The normalized spacial score (nSPS) is 14.6. The van der Waals surface area contributed by atoms with Crippen molar-refractivity contribution in [2.24, 2.45) is 4.99 Å². The van der Waals surface area contributed by atoms with E-state index in [9.17, 15) is 4.79 Å². The van der Waals surface area contributed by atoms with E-state index in [-0.39, 0.29) is 6.73 Å². The van der Waals surface area contributed by atoms with Gasteiger partial charge in [-0.25, -0.2) is 4.79 Å². The van der Waals surface area contributed by atoms with Gasteiger partial charge in [-0.3, -0.25) is 9.89 Å². The molecule has 0 fully saturated rings. The Bertz CT molecular complexity index is 598. The Balaban J connectivity index is 2.18. The molecule has 0 aliphatic heterocycles. The van der Waals surface area contributed by atoms with Crippen LogP contribution in [0.25, 0.3) is 0 Å². The van der Waals surface area contributed by atoms with Gasteiger partial charge in [-0.05, 0) is 37.5 Å². The minimum atomic E-state index is -0.569. The molecule has 0 heterocycles. The Morgan fingerprint density at radius 3 is 3.00 bits per heavy atom. The lowest BCUT2D eigenvalue weighted by Crippen LogP contribution is -2.34. The van der Waals surface area contributed by atoms with Crippen LogP contribution in [0.15, 0.2) is 23.2 Å². The summed E-state index contributed by atoms with van der Waals surface area (Å²) in [7, 11) is 0. The number of fused-ring (bicyclic) bond motifs is 1. The summed E-state index contributed by atoms with van der Waals surface area (Å²) in [6.07, 6.45) is 6.44. The molecule has 5 nitrogen and oxygen atoms in total. The maximum absolute atomic E-state index is 11.8. The molecule has 0 saturated heterocycles. The van der Waals surface area contributed by atoms with Crippen molar-refractivity contribution in [3.05, 3.63) is 29.3 Å². The van der Waals surface area contributed by atoms with E-state index in [2.05, 4.69) is 10.9 Å². The van der Waals surface area contributed by atoms with Crippen LogP contribution in [0.2, 0.25) is 0 Å². The molecule has 1 N–H and O–H groups in total. The number of carbonyl (C=O) groups is 1. The van der Waals surface area contributed by atoms with E-state index >= 15 is 0 Å². The van der Waals surface area contributed by atoms with E-state index in [1.807, 2.05) is 6.07 Å². The van der Waals surface area contributed by atoms with Gasteiger partial charge in [0.2, 0.25) is 0 Å². The fourth-order valence-corrected chi connectivity index (χ4v) is 2.25. The summed E-state index contributed by atoms with van der Waals surface area (Å²) in [4.78, 5) is 17.4. The second kappa shape index (κ2) is 6.91. The number of nitrogens with zero attached hydrogens (tertiary/aromatic N) is 2. The number of rotatable bonds is 4. The Morgan fingerprint density at radius 2 is 2.33 bits per heavy atom. The molecule has 1 aliphatic rings. The van der Waals surface area contributed by atoms with Crippen molar-refractivity contribution in [2.75, 3.05) is 19.8 Å². The summed E-state index contributed by atoms with van der Waals surface area (Å²) in [6, 6.07) is 5.50. The molecule has 0 radical (unpaired) electrons. The first kappa shape index (κ1) is 15.1. The van der Waals surface area contributed by atoms with Crippen molar-refractivity contribution in [1.29, 1.82) is 0 Å². The number of aryl methyl sites for hydroxylation is 1. The summed E-state index contributed by atoms with van der Waals surface area (Å²) in [5.74, 6) is 2.94. The molecule has 1 amide bonds. The molecule has 0 saturated carbocycles. The van der Waals surface area contributed by atoms with Crippen molar-refractivity contribution in [3.63, 3.8) is 0 Å². The zero-order valence-electron chi connectivity index (χ0n) is 12.0. The van der Waals surface area contributed by atoms with Crippen LogP contribution in [-0.4, -0.2) is 41.6 Å². The van der Waals surface area contributed by atoms with Crippen LogP contribution in [0.4, 0.5) is 4.79 Å². The smallest absolute Gasteiger partial charge is 0.410 e. The van der Waals surface area contributed by atoms with Gasteiger partial charge in [0.25, 0.3) is 0 Å². The Kier molecular flexibility index (Phi) is 4.96. The molecule has 0 aromatic heterocycles. The number of terminal acetylenes is 1.